The van der Waals surface area contributed by atoms with Crippen LogP contribution in [0.3, 0.4) is 0 Å². The van der Waals surface area contributed by atoms with Crippen LogP contribution in [0, 0.1) is 5.41 Å². The summed E-state index contributed by atoms with van der Waals surface area (Å²) in [5.74, 6) is -1.41. The van der Waals surface area contributed by atoms with E-state index in [1.54, 1.807) is 6.92 Å². The Labute approximate surface area is 198 Å². The van der Waals surface area contributed by atoms with E-state index in [9.17, 15) is 14.4 Å². The van der Waals surface area contributed by atoms with Gasteiger partial charge >= 0.3 is 6.03 Å². The highest BCUT2D eigenvalue weighted by Gasteiger charge is 2.63. The lowest BCUT2D eigenvalue weighted by molar-refractivity contribution is -0.153. The van der Waals surface area contributed by atoms with Gasteiger partial charge in [0.15, 0.2) is 11.1 Å². The van der Waals surface area contributed by atoms with Gasteiger partial charge in [0.25, 0.3) is 0 Å². The Morgan fingerprint density at radius 2 is 1.97 bits per heavy atom. The first-order chi connectivity index (χ1) is 16.3. The number of hydrogen-bond donors (Lipinski definition) is 2. The van der Waals surface area contributed by atoms with Crippen molar-refractivity contribution in [2.45, 2.75) is 38.5 Å². The van der Waals surface area contributed by atoms with Crippen molar-refractivity contribution >= 4 is 46.2 Å². The Bertz CT molecular complexity index is 1360. The lowest BCUT2D eigenvalue weighted by Crippen LogP contribution is -2.75. The van der Waals surface area contributed by atoms with Crippen molar-refractivity contribution < 1.29 is 25.1 Å². The third kappa shape index (κ3) is 2.72. The monoisotopic (exact) mass is 485 g/mol. The molecular formula is C21H20ClN7O5. The lowest BCUT2D eigenvalue weighted by atomic mass is 9.67. The van der Waals surface area contributed by atoms with Gasteiger partial charge in [-0.2, -0.15) is 0 Å². The molecule has 0 bridgehead atoms. The van der Waals surface area contributed by atoms with Crippen LogP contribution in [0.2, 0.25) is 5.02 Å². The number of nitrogens with zero attached hydrogens (tertiary/aromatic N) is 5. The zero-order chi connectivity index (χ0) is 23.8. The number of halogens is 1. The van der Waals surface area contributed by atoms with Gasteiger partial charge in [0, 0.05) is 26.8 Å². The van der Waals surface area contributed by atoms with Gasteiger partial charge in [-0.15, -0.1) is 0 Å². The van der Waals surface area contributed by atoms with Gasteiger partial charge < -0.3 is 14.2 Å². The van der Waals surface area contributed by atoms with Gasteiger partial charge in [0.1, 0.15) is 16.2 Å². The van der Waals surface area contributed by atoms with Crippen LogP contribution in [0.5, 0.6) is 0 Å². The molecule has 3 aliphatic heterocycles. The predicted molar refractivity (Wildman–Crippen MR) is 119 cm³/mol. The van der Waals surface area contributed by atoms with Gasteiger partial charge in [-0.3, -0.25) is 30.2 Å². The maximum absolute atomic E-state index is 13.3. The molecular weight excluding hydrogens is 466 g/mol. The van der Waals surface area contributed by atoms with Gasteiger partial charge in [0.05, 0.1) is 35.8 Å². The van der Waals surface area contributed by atoms with Crippen molar-refractivity contribution in [2.75, 3.05) is 11.4 Å². The molecule has 13 heteroatoms. The summed E-state index contributed by atoms with van der Waals surface area (Å²) in [6.45, 7) is 4.02. The number of amides is 4. The molecule has 0 aliphatic carbocycles. The normalized spacial score (nSPS) is 25.7. The molecule has 0 unspecified atom stereocenters. The standard InChI is InChI=1S/C21H18ClN7O5.H2/c1-8-7-29-15-10(5-21(17(29)9(2)33-8)18(30)26-20(32)27-19(21)31)25-14-13(11-6-23-3-4-24-11)28-34-16(14)12(15)22;/h3-4,6,8-9,17H,5,7H2,1-2H3,(H2,26,27,30,31,32);1H/t8-,9+,17-;/m1./s1. The number of anilines is 1. The first kappa shape index (κ1) is 20.9. The molecule has 3 aromatic rings. The van der Waals surface area contributed by atoms with Gasteiger partial charge in [0.2, 0.25) is 17.4 Å². The van der Waals surface area contributed by atoms with Crippen LogP contribution in [0.15, 0.2) is 23.1 Å². The Morgan fingerprint density at radius 3 is 2.68 bits per heavy atom. The molecule has 6 heterocycles. The van der Waals surface area contributed by atoms with Crippen molar-refractivity contribution in [3.8, 4) is 11.4 Å². The number of ether oxygens (including phenoxy) is 1. The number of carbonyl (C=O) groups is 3. The summed E-state index contributed by atoms with van der Waals surface area (Å²) in [7, 11) is 0. The van der Waals surface area contributed by atoms with E-state index in [2.05, 4.69) is 25.8 Å². The molecule has 2 N–H and O–H groups in total. The molecule has 3 aliphatic rings. The summed E-state index contributed by atoms with van der Waals surface area (Å²) in [6, 6.07) is -1.59. The molecule has 1 spiro atoms. The van der Waals surface area contributed by atoms with Crippen molar-refractivity contribution in [1.29, 1.82) is 0 Å². The van der Waals surface area contributed by atoms with E-state index >= 15 is 0 Å². The molecule has 0 radical (unpaired) electrons. The molecule has 3 atom stereocenters. The number of morpholine rings is 1. The number of aromatic nitrogens is 4. The fourth-order valence-electron chi connectivity index (χ4n) is 5.35. The van der Waals surface area contributed by atoms with Gasteiger partial charge in [-0.1, -0.05) is 16.8 Å². The molecule has 2 saturated heterocycles. The fraction of sp³-hybridized carbons (Fsp3) is 0.381. The van der Waals surface area contributed by atoms with E-state index in [0.29, 0.717) is 34.8 Å². The Kier molecular flexibility index (Phi) is 4.42. The second-order valence-corrected chi connectivity index (χ2v) is 9.03. The maximum Gasteiger partial charge on any atom is 0.328 e. The molecule has 176 valence electrons. The van der Waals surface area contributed by atoms with Gasteiger partial charge in [-0.05, 0) is 13.8 Å². The van der Waals surface area contributed by atoms with Crippen LogP contribution >= 0.6 is 11.6 Å². The van der Waals surface area contributed by atoms with Crippen LogP contribution in [-0.2, 0) is 20.7 Å². The molecule has 12 nitrogen and oxygen atoms in total. The maximum atomic E-state index is 13.3. The van der Waals surface area contributed by atoms with Crippen LogP contribution < -0.4 is 15.5 Å². The van der Waals surface area contributed by atoms with E-state index in [0.717, 1.165) is 0 Å². The molecule has 34 heavy (non-hydrogen) atoms. The lowest BCUT2D eigenvalue weighted by Gasteiger charge is -2.55. The van der Waals surface area contributed by atoms with E-state index < -0.39 is 35.4 Å². The van der Waals surface area contributed by atoms with E-state index in [-0.39, 0.29) is 24.6 Å². The Hall–Kier alpha value is -3.64. The number of urea groups is 1. The van der Waals surface area contributed by atoms with Crippen molar-refractivity contribution in [3.05, 3.63) is 29.3 Å². The Morgan fingerprint density at radius 1 is 1.21 bits per heavy atom. The zero-order valence-corrected chi connectivity index (χ0v) is 18.8. The highest BCUT2D eigenvalue weighted by molar-refractivity contribution is 6.38. The topological polar surface area (TPSA) is 152 Å². The number of rotatable bonds is 1. The summed E-state index contributed by atoms with van der Waals surface area (Å²) >= 11 is 6.85. The second kappa shape index (κ2) is 7.18. The van der Waals surface area contributed by atoms with Crippen LogP contribution in [-0.4, -0.2) is 62.7 Å². The minimum absolute atomic E-state index is 0. The quantitative estimate of drug-likeness (QED) is 0.484. The van der Waals surface area contributed by atoms with Crippen LogP contribution in [0.1, 0.15) is 21.0 Å². The number of barbiturate groups is 1. The first-order valence-electron chi connectivity index (χ1n) is 10.6. The molecule has 0 saturated carbocycles. The predicted octanol–water partition coefficient (Wildman–Crippen LogP) is 1.47. The minimum Gasteiger partial charge on any atom is -0.372 e. The molecule has 4 amide bonds. The average molecular weight is 486 g/mol. The summed E-state index contributed by atoms with van der Waals surface area (Å²) in [5.41, 5.74) is 0.652. The number of imide groups is 2. The summed E-state index contributed by atoms with van der Waals surface area (Å²) in [6.07, 6.45) is 3.71. The highest BCUT2D eigenvalue weighted by Crippen LogP contribution is 2.50. The number of nitrogens with one attached hydrogen (secondary N) is 2. The average Bonchev–Trinajstić information content (AvgIpc) is 3.21. The third-order valence-electron chi connectivity index (χ3n) is 6.58. The number of hydrogen-bond acceptors (Lipinski definition) is 10. The largest absolute Gasteiger partial charge is 0.372 e. The SMILES string of the molecule is C[C@@H]1CN2c3c(nc4c(-c5cnccn5)noc4c3Cl)CC3(C(=O)NC(=O)NC3=O)[C@H]2[C@H](C)O1.[HH]. The molecule has 6 rings (SSSR count). The smallest absolute Gasteiger partial charge is 0.328 e. The highest BCUT2D eigenvalue weighted by atomic mass is 35.5. The van der Waals surface area contributed by atoms with Crippen molar-refractivity contribution in [2.24, 2.45) is 5.41 Å². The summed E-state index contributed by atoms with van der Waals surface area (Å²) in [5, 5.41) is 8.86. The number of carbonyl (C=O) groups excluding carboxylic acids is 3. The molecule has 0 aromatic carbocycles. The van der Waals surface area contributed by atoms with E-state index in [4.69, 9.17) is 25.8 Å². The molecule has 3 aromatic heterocycles. The second-order valence-electron chi connectivity index (χ2n) is 8.66. The van der Waals surface area contributed by atoms with Crippen LogP contribution in [0.25, 0.3) is 22.5 Å². The van der Waals surface area contributed by atoms with Gasteiger partial charge in [-0.25, -0.2) is 9.78 Å². The van der Waals surface area contributed by atoms with Crippen molar-refractivity contribution in [1.82, 2.24) is 30.7 Å². The van der Waals surface area contributed by atoms with E-state index in [1.165, 1.54) is 18.6 Å². The summed E-state index contributed by atoms with van der Waals surface area (Å²) in [4.78, 5) is 53.4. The Balaban J connectivity index is 0.00000253. The molecule has 2 fully saturated rings. The number of pyridine rings is 1. The zero-order valence-electron chi connectivity index (χ0n) is 18.0. The van der Waals surface area contributed by atoms with Crippen LogP contribution in [0.4, 0.5) is 10.5 Å². The van der Waals surface area contributed by atoms with E-state index in [1.807, 2.05) is 11.8 Å². The first-order valence-corrected chi connectivity index (χ1v) is 11.0. The number of fused-ring (bicyclic) bond motifs is 5. The summed E-state index contributed by atoms with van der Waals surface area (Å²) < 4.78 is 11.6. The third-order valence-corrected chi connectivity index (χ3v) is 6.94. The minimum atomic E-state index is -1.66. The fourth-order valence-corrected chi connectivity index (χ4v) is 5.69. The van der Waals surface area contributed by atoms with Crippen molar-refractivity contribution in [3.63, 3.8) is 0 Å².